The molecule has 0 aromatic carbocycles. The van der Waals surface area contributed by atoms with Crippen LogP contribution in [-0.2, 0) is 44.6 Å². The Bertz CT molecular complexity index is 458. The lowest BCUT2D eigenvalue weighted by Gasteiger charge is -1.94. The second-order valence-corrected chi connectivity index (χ2v) is 8.63. The number of hydrogen-bond donors (Lipinski definition) is 2. The summed E-state index contributed by atoms with van der Waals surface area (Å²) in [6.45, 7) is 0.677. The predicted octanol–water partition coefficient (Wildman–Crippen LogP) is 3.87. The summed E-state index contributed by atoms with van der Waals surface area (Å²) in [6, 6.07) is 0. The third-order valence-corrected chi connectivity index (χ3v) is 6.52. The van der Waals surface area contributed by atoms with Crippen molar-refractivity contribution in [3.63, 3.8) is 0 Å². The standard InChI is InChI=1S/C6H14NO11P5/c7-5-3-1-2-4-6-14-20(10)16-22(12)18-23(13)17-21(11)15-19(8)9/h1-7H2/q+4/p+1. The smallest absolute Gasteiger partial charge is 0.330 e. The van der Waals surface area contributed by atoms with Gasteiger partial charge in [-0.1, -0.05) is 12.8 Å². The molecule has 0 amide bonds. The molecule has 0 radical (unpaired) electrons. The molecule has 0 fully saturated rings. The largest absolute Gasteiger partial charge is 0.798 e. The molecule has 17 heteroatoms. The lowest BCUT2D eigenvalue weighted by molar-refractivity contribution is 0.272. The minimum Gasteiger partial charge on any atom is -0.330 e. The summed E-state index contributed by atoms with van der Waals surface area (Å²) in [5, 5.41) is 0. The average Bonchev–Trinajstić information content (AvgIpc) is 2.40. The van der Waals surface area contributed by atoms with E-state index in [-0.39, 0.29) is 6.61 Å². The third kappa shape index (κ3) is 15.5. The van der Waals surface area contributed by atoms with E-state index in [1.165, 1.54) is 0 Å². The monoisotopic (exact) mass is 432 g/mol. The highest BCUT2D eigenvalue weighted by Crippen LogP contribution is 2.52. The van der Waals surface area contributed by atoms with Crippen LogP contribution in [0.25, 0.3) is 0 Å². The predicted molar refractivity (Wildman–Crippen MR) is 78.1 cm³/mol. The fraction of sp³-hybridized carbons (Fsp3) is 1.00. The molecule has 0 aromatic heterocycles. The van der Waals surface area contributed by atoms with Crippen molar-refractivity contribution in [2.75, 3.05) is 13.2 Å². The molecule has 0 aliphatic carbocycles. The summed E-state index contributed by atoms with van der Waals surface area (Å²) in [7, 11) is -15.6. The fourth-order valence-electron chi connectivity index (χ4n) is 1.03. The van der Waals surface area contributed by atoms with Crippen molar-refractivity contribution < 1.29 is 49.5 Å². The van der Waals surface area contributed by atoms with Crippen LogP contribution >= 0.6 is 41.3 Å². The fourth-order valence-corrected chi connectivity index (χ4v) is 4.42. The number of nitrogens with two attached hydrogens (primary N) is 1. The highest BCUT2D eigenvalue weighted by Gasteiger charge is 2.57. The molecular formula is C6H15NO11P5+5. The van der Waals surface area contributed by atoms with Crippen LogP contribution in [0.1, 0.15) is 25.7 Å². The van der Waals surface area contributed by atoms with E-state index >= 15 is 0 Å². The second-order valence-electron chi connectivity index (χ2n) is 3.49. The van der Waals surface area contributed by atoms with Crippen molar-refractivity contribution in [3.05, 3.63) is 0 Å². The molecule has 12 nitrogen and oxygen atoms in total. The quantitative estimate of drug-likeness (QED) is 0.282. The van der Waals surface area contributed by atoms with Gasteiger partial charge in [0.05, 0.1) is 0 Å². The van der Waals surface area contributed by atoms with Crippen molar-refractivity contribution in [1.82, 2.24) is 0 Å². The first kappa shape index (κ1) is 23.2. The first-order chi connectivity index (χ1) is 10.8. The first-order valence-electron chi connectivity index (χ1n) is 5.95. The molecule has 23 heavy (non-hydrogen) atoms. The lowest BCUT2D eigenvalue weighted by atomic mass is 10.2. The SMILES string of the molecule is NCCCCCCO[P+](=O)O[P+](=O)O[P+](=O)O[P+](=O)O[P+](=O)O. The van der Waals surface area contributed by atoms with Crippen LogP contribution in [0, 0.1) is 0 Å². The molecule has 3 N–H and O–H groups in total. The number of rotatable bonds is 15. The molecule has 0 aliphatic heterocycles. The van der Waals surface area contributed by atoms with Gasteiger partial charge in [0.1, 0.15) is 6.61 Å². The molecule has 0 rings (SSSR count). The Kier molecular flexibility index (Phi) is 14.7. The summed E-state index contributed by atoms with van der Waals surface area (Å²) in [6.07, 6.45) is 3.16. The number of unbranched alkanes of at least 4 members (excludes halogenated alkanes) is 3. The zero-order valence-corrected chi connectivity index (χ0v) is 16.1. The highest BCUT2D eigenvalue weighted by molar-refractivity contribution is 7.57. The van der Waals surface area contributed by atoms with Crippen molar-refractivity contribution in [1.29, 1.82) is 0 Å². The summed E-state index contributed by atoms with van der Waals surface area (Å²) in [5.74, 6) is 0. The molecular weight excluding hydrogens is 417 g/mol. The van der Waals surface area contributed by atoms with E-state index in [2.05, 4.69) is 17.2 Å². The van der Waals surface area contributed by atoms with Crippen molar-refractivity contribution in [3.8, 4) is 0 Å². The minimum atomic E-state index is -3.25. The Morgan fingerprint density at radius 2 is 1.17 bits per heavy atom. The van der Waals surface area contributed by atoms with Gasteiger partial charge in [-0.25, -0.2) is 0 Å². The molecule has 130 valence electrons. The molecule has 5 atom stereocenters. The van der Waals surface area contributed by atoms with Crippen LogP contribution in [-0.4, -0.2) is 18.0 Å². The van der Waals surface area contributed by atoms with E-state index in [1.54, 1.807) is 0 Å². The Morgan fingerprint density at radius 1 is 0.696 bits per heavy atom. The van der Waals surface area contributed by atoms with E-state index in [9.17, 15) is 22.8 Å². The maximum absolute atomic E-state index is 11.2. The molecule has 0 bridgehead atoms. The van der Waals surface area contributed by atoms with Gasteiger partial charge in [-0.3, -0.25) is 0 Å². The van der Waals surface area contributed by atoms with E-state index in [1.807, 2.05) is 0 Å². The normalized spacial score (nSPS) is 14.3. The molecule has 0 aliphatic rings. The molecule has 0 spiro atoms. The van der Waals surface area contributed by atoms with Gasteiger partial charge in [0.15, 0.2) is 17.2 Å². The molecule has 5 unspecified atom stereocenters. The molecule has 0 heterocycles. The summed E-state index contributed by atoms with van der Waals surface area (Å²) < 4.78 is 75.1. The van der Waals surface area contributed by atoms with E-state index < -0.39 is 41.3 Å². The van der Waals surface area contributed by atoms with Gasteiger partial charge in [-0.2, -0.15) is 0 Å². The van der Waals surface area contributed by atoms with Gasteiger partial charge in [0.25, 0.3) is 0 Å². The van der Waals surface area contributed by atoms with E-state index in [0.717, 1.165) is 19.3 Å². The Morgan fingerprint density at radius 3 is 1.70 bits per heavy atom. The highest BCUT2D eigenvalue weighted by atomic mass is 31.3. The van der Waals surface area contributed by atoms with Gasteiger partial charge in [0, 0.05) is 22.8 Å². The van der Waals surface area contributed by atoms with Gasteiger partial charge in [-0.05, 0) is 19.4 Å². The van der Waals surface area contributed by atoms with Crippen LogP contribution in [0.5, 0.6) is 0 Å². The van der Waals surface area contributed by atoms with Crippen molar-refractivity contribution in [2.45, 2.75) is 25.7 Å². The number of hydrogen-bond acceptors (Lipinski definition) is 11. The summed E-state index contributed by atoms with van der Waals surface area (Å²) in [5.41, 5.74) is 5.31. The zero-order chi connectivity index (χ0) is 17.7. The second kappa shape index (κ2) is 14.6. The van der Waals surface area contributed by atoms with Gasteiger partial charge in [-0.15, -0.1) is 9.42 Å². The van der Waals surface area contributed by atoms with Crippen molar-refractivity contribution >= 4 is 41.3 Å². The maximum atomic E-state index is 11.2. The summed E-state index contributed by atoms with van der Waals surface area (Å²) >= 11 is 0. The van der Waals surface area contributed by atoms with Crippen LogP contribution in [0.4, 0.5) is 0 Å². The maximum Gasteiger partial charge on any atom is 0.798 e. The lowest BCUT2D eigenvalue weighted by Crippen LogP contribution is -1.98. The third-order valence-electron chi connectivity index (χ3n) is 1.83. The topological polar surface area (TPSA) is 178 Å². The van der Waals surface area contributed by atoms with Crippen molar-refractivity contribution in [2.24, 2.45) is 5.73 Å². The van der Waals surface area contributed by atoms with Crippen LogP contribution in [0.3, 0.4) is 0 Å². The average molecular weight is 432 g/mol. The molecule has 0 saturated carbocycles. The summed E-state index contributed by atoms with van der Waals surface area (Å²) in [4.78, 5) is 8.23. The Labute approximate surface area is 136 Å². The van der Waals surface area contributed by atoms with Gasteiger partial charge < -0.3 is 5.73 Å². The Balaban J connectivity index is 3.83. The van der Waals surface area contributed by atoms with E-state index in [4.69, 9.17) is 15.2 Å². The van der Waals surface area contributed by atoms with Gasteiger partial charge >= 0.3 is 41.3 Å². The molecule has 0 saturated heterocycles. The van der Waals surface area contributed by atoms with Crippen LogP contribution < -0.4 is 5.73 Å². The Hall–Kier alpha value is 0.220. The van der Waals surface area contributed by atoms with E-state index in [0.29, 0.717) is 13.0 Å². The molecule has 0 aromatic rings. The van der Waals surface area contributed by atoms with Crippen LogP contribution in [0.2, 0.25) is 0 Å². The minimum absolute atomic E-state index is 0.0921. The first-order valence-corrected chi connectivity index (χ1v) is 11.5. The van der Waals surface area contributed by atoms with Gasteiger partial charge in [0.2, 0.25) is 0 Å². The van der Waals surface area contributed by atoms with Crippen LogP contribution in [0.15, 0.2) is 0 Å². The zero-order valence-electron chi connectivity index (χ0n) is 11.6.